The summed E-state index contributed by atoms with van der Waals surface area (Å²) in [6.07, 6.45) is 2.64. The highest BCUT2D eigenvalue weighted by Gasteiger charge is 2.33. The van der Waals surface area contributed by atoms with Crippen molar-refractivity contribution in [3.05, 3.63) is 40.6 Å². The van der Waals surface area contributed by atoms with Crippen molar-refractivity contribution >= 4 is 17.0 Å². The van der Waals surface area contributed by atoms with Gasteiger partial charge in [0.25, 0.3) is 0 Å². The maximum atomic E-state index is 5.65. The standard InChI is InChI=1S/C16H17NO2S/c1-2-15(20-9-1)16(11-3-4-11)17-12-5-6-13-14(10-12)19-8-7-18-13/h1-2,5-6,9-11,16-17H,3-4,7-8H2. The third-order valence-corrected chi connectivity index (χ3v) is 4.76. The van der Waals surface area contributed by atoms with E-state index in [0.29, 0.717) is 19.3 Å². The van der Waals surface area contributed by atoms with E-state index < -0.39 is 0 Å². The van der Waals surface area contributed by atoms with Gasteiger partial charge in [-0.15, -0.1) is 11.3 Å². The highest BCUT2D eigenvalue weighted by atomic mass is 32.1. The van der Waals surface area contributed by atoms with Crippen LogP contribution in [-0.2, 0) is 0 Å². The molecule has 4 rings (SSSR count). The monoisotopic (exact) mass is 287 g/mol. The largest absolute Gasteiger partial charge is 0.486 e. The van der Waals surface area contributed by atoms with Crippen molar-refractivity contribution in [2.45, 2.75) is 18.9 Å². The third-order valence-electron chi connectivity index (χ3n) is 3.81. The normalized spacial score (nSPS) is 18.6. The van der Waals surface area contributed by atoms with Crippen molar-refractivity contribution < 1.29 is 9.47 Å². The zero-order chi connectivity index (χ0) is 13.4. The molecule has 20 heavy (non-hydrogen) atoms. The summed E-state index contributed by atoms with van der Waals surface area (Å²) >= 11 is 1.83. The third kappa shape index (κ3) is 2.36. The molecule has 4 heteroatoms. The number of ether oxygens (including phenoxy) is 2. The number of hydrogen-bond acceptors (Lipinski definition) is 4. The minimum absolute atomic E-state index is 0.428. The van der Waals surface area contributed by atoms with E-state index in [-0.39, 0.29) is 0 Å². The number of nitrogens with one attached hydrogen (secondary N) is 1. The molecule has 2 aliphatic rings. The Labute approximate surface area is 122 Å². The van der Waals surface area contributed by atoms with Crippen molar-refractivity contribution in [3.63, 3.8) is 0 Å². The Hall–Kier alpha value is -1.68. The van der Waals surface area contributed by atoms with Crippen LogP contribution in [0.4, 0.5) is 5.69 Å². The van der Waals surface area contributed by atoms with Crippen molar-refractivity contribution in [1.29, 1.82) is 0 Å². The Kier molecular flexibility index (Phi) is 3.03. The fourth-order valence-corrected chi connectivity index (χ4v) is 3.50. The van der Waals surface area contributed by atoms with Gasteiger partial charge in [0.05, 0.1) is 6.04 Å². The molecule has 3 nitrogen and oxygen atoms in total. The molecule has 1 aromatic carbocycles. The average molecular weight is 287 g/mol. The van der Waals surface area contributed by atoms with E-state index in [1.807, 2.05) is 17.4 Å². The Bertz CT molecular complexity index is 593. The summed E-state index contributed by atoms with van der Waals surface area (Å²) in [4.78, 5) is 1.42. The fraction of sp³-hybridized carbons (Fsp3) is 0.375. The van der Waals surface area contributed by atoms with Crippen LogP contribution in [0.25, 0.3) is 0 Å². The molecule has 1 atom stereocenters. The summed E-state index contributed by atoms with van der Waals surface area (Å²) in [5, 5.41) is 5.82. The molecule has 2 aromatic rings. The van der Waals surface area contributed by atoms with Crippen LogP contribution in [0, 0.1) is 5.92 Å². The molecule has 0 spiro atoms. The summed E-state index contributed by atoms with van der Waals surface area (Å²) in [6.45, 7) is 1.27. The van der Waals surface area contributed by atoms with E-state index in [2.05, 4.69) is 35.0 Å². The van der Waals surface area contributed by atoms with Crippen molar-refractivity contribution in [2.24, 2.45) is 5.92 Å². The van der Waals surface area contributed by atoms with Gasteiger partial charge in [0.2, 0.25) is 0 Å². The molecule has 1 aliphatic carbocycles. The highest BCUT2D eigenvalue weighted by molar-refractivity contribution is 7.10. The molecule has 1 N–H and O–H groups in total. The highest BCUT2D eigenvalue weighted by Crippen LogP contribution is 2.45. The fourth-order valence-electron chi connectivity index (χ4n) is 2.63. The zero-order valence-corrected chi connectivity index (χ0v) is 12.0. The van der Waals surface area contributed by atoms with Gasteiger partial charge in [0.1, 0.15) is 13.2 Å². The van der Waals surface area contributed by atoms with Gasteiger partial charge in [-0.05, 0) is 42.3 Å². The number of fused-ring (bicyclic) bond motifs is 1. The Morgan fingerprint density at radius 2 is 1.95 bits per heavy atom. The smallest absolute Gasteiger partial charge is 0.163 e. The predicted molar refractivity (Wildman–Crippen MR) is 80.8 cm³/mol. The van der Waals surface area contributed by atoms with Crippen LogP contribution in [-0.4, -0.2) is 13.2 Å². The van der Waals surface area contributed by atoms with Gasteiger partial charge >= 0.3 is 0 Å². The Morgan fingerprint density at radius 1 is 1.10 bits per heavy atom. The van der Waals surface area contributed by atoms with Crippen LogP contribution in [0.5, 0.6) is 11.5 Å². The zero-order valence-electron chi connectivity index (χ0n) is 11.2. The van der Waals surface area contributed by atoms with Crippen LogP contribution in [0.15, 0.2) is 35.7 Å². The van der Waals surface area contributed by atoms with E-state index in [1.165, 1.54) is 17.7 Å². The lowest BCUT2D eigenvalue weighted by Gasteiger charge is -2.22. The Balaban J connectivity index is 1.58. The second-order valence-corrected chi connectivity index (χ2v) is 6.31. The molecule has 0 radical (unpaired) electrons. The summed E-state index contributed by atoms with van der Waals surface area (Å²) in [5.74, 6) is 2.46. The number of rotatable bonds is 4. The molecule has 1 aromatic heterocycles. The van der Waals surface area contributed by atoms with Crippen molar-refractivity contribution in [1.82, 2.24) is 0 Å². The van der Waals surface area contributed by atoms with Gasteiger partial charge in [-0.1, -0.05) is 6.07 Å². The summed E-state index contributed by atoms with van der Waals surface area (Å²) < 4.78 is 11.2. The molecular weight excluding hydrogens is 270 g/mol. The first-order valence-electron chi connectivity index (χ1n) is 7.10. The van der Waals surface area contributed by atoms with Crippen LogP contribution >= 0.6 is 11.3 Å². The first-order chi connectivity index (χ1) is 9.90. The van der Waals surface area contributed by atoms with Gasteiger partial charge in [0.15, 0.2) is 11.5 Å². The van der Waals surface area contributed by atoms with Gasteiger partial charge in [-0.3, -0.25) is 0 Å². The molecule has 1 fully saturated rings. The molecule has 1 unspecified atom stereocenters. The number of hydrogen-bond donors (Lipinski definition) is 1. The second kappa shape index (κ2) is 5.02. The summed E-state index contributed by atoms with van der Waals surface area (Å²) in [6, 6.07) is 10.9. The lowest BCUT2D eigenvalue weighted by molar-refractivity contribution is 0.171. The minimum Gasteiger partial charge on any atom is -0.486 e. The minimum atomic E-state index is 0.428. The molecule has 0 saturated heterocycles. The number of anilines is 1. The lowest BCUT2D eigenvalue weighted by Crippen LogP contribution is -2.16. The van der Waals surface area contributed by atoms with E-state index in [0.717, 1.165) is 23.1 Å². The van der Waals surface area contributed by atoms with E-state index in [4.69, 9.17) is 9.47 Å². The predicted octanol–water partition coefficient (Wildman–Crippen LogP) is 4.08. The van der Waals surface area contributed by atoms with Crippen LogP contribution < -0.4 is 14.8 Å². The molecular formula is C16H17NO2S. The van der Waals surface area contributed by atoms with Gasteiger partial charge in [-0.2, -0.15) is 0 Å². The summed E-state index contributed by atoms with van der Waals surface area (Å²) in [7, 11) is 0. The van der Waals surface area contributed by atoms with Gasteiger partial charge in [-0.25, -0.2) is 0 Å². The molecule has 2 heterocycles. The topological polar surface area (TPSA) is 30.5 Å². The van der Waals surface area contributed by atoms with Crippen molar-refractivity contribution in [3.8, 4) is 11.5 Å². The maximum absolute atomic E-state index is 5.65. The number of thiophene rings is 1. The first kappa shape index (κ1) is 12.1. The van der Waals surface area contributed by atoms with Crippen LogP contribution in [0.3, 0.4) is 0 Å². The molecule has 104 valence electrons. The first-order valence-corrected chi connectivity index (χ1v) is 7.98. The van der Waals surface area contributed by atoms with Crippen molar-refractivity contribution in [2.75, 3.05) is 18.5 Å². The molecule has 0 bridgehead atoms. The van der Waals surface area contributed by atoms with Gasteiger partial charge in [0, 0.05) is 16.6 Å². The van der Waals surface area contributed by atoms with Gasteiger partial charge < -0.3 is 14.8 Å². The van der Waals surface area contributed by atoms with Crippen LogP contribution in [0.1, 0.15) is 23.8 Å². The lowest BCUT2D eigenvalue weighted by atomic mass is 10.1. The second-order valence-electron chi connectivity index (χ2n) is 5.33. The van der Waals surface area contributed by atoms with Crippen LogP contribution in [0.2, 0.25) is 0 Å². The quantitative estimate of drug-likeness (QED) is 0.919. The summed E-state index contributed by atoms with van der Waals surface area (Å²) in [5.41, 5.74) is 1.11. The Morgan fingerprint density at radius 3 is 2.70 bits per heavy atom. The molecule has 1 aliphatic heterocycles. The van der Waals surface area contributed by atoms with E-state index >= 15 is 0 Å². The average Bonchev–Trinajstić information content (AvgIpc) is 3.19. The number of benzene rings is 1. The molecule has 0 amide bonds. The van der Waals surface area contributed by atoms with E-state index in [1.54, 1.807) is 0 Å². The SMILES string of the molecule is c1csc(C(Nc2ccc3c(c2)OCCO3)C2CC2)c1. The maximum Gasteiger partial charge on any atom is 0.163 e. The van der Waals surface area contributed by atoms with E-state index in [9.17, 15) is 0 Å². The molecule has 1 saturated carbocycles.